The maximum absolute atomic E-state index is 13.2. The summed E-state index contributed by atoms with van der Waals surface area (Å²) in [6, 6.07) is 3.01. The fourth-order valence-electron chi connectivity index (χ4n) is 1.41. The Hall–Kier alpha value is -2.04. The molecule has 0 bridgehead atoms. The van der Waals surface area contributed by atoms with E-state index in [0.29, 0.717) is 6.07 Å². The van der Waals surface area contributed by atoms with Gasteiger partial charge < -0.3 is 0 Å². The predicted molar refractivity (Wildman–Crippen MR) is 51.1 cm³/mol. The van der Waals surface area contributed by atoms with Gasteiger partial charge in [-0.3, -0.25) is 14.5 Å². The molecule has 5 heteroatoms. The zero-order valence-corrected chi connectivity index (χ0v) is 8.11. The molecule has 1 aliphatic rings. The van der Waals surface area contributed by atoms with Crippen LogP contribution in [0.3, 0.4) is 0 Å². The highest BCUT2D eigenvalue weighted by Crippen LogP contribution is 2.14. The molecule has 0 fully saturated rings. The fourth-order valence-corrected chi connectivity index (χ4v) is 1.41. The molecular weight excluding hydrogens is 216 g/mol. The van der Waals surface area contributed by atoms with Gasteiger partial charge in [0.1, 0.15) is 11.6 Å². The minimum absolute atomic E-state index is 0.104. The number of carbonyl (C=O) groups excluding carboxylic acids is 2. The lowest BCUT2D eigenvalue weighted by Gasteiger charge is -2.13. The molecule has 82 valence electrons. The molecule has 16 heavy (non-hydrogen) atoms. The van der Waals surface area contributed by atoms with E-state index in [2.05, 4.69) is 0 Å². The second kappa shape index (κ2) is 3.84. The summed E-state index contributed by atoms with van der Waals surface area (Å²) in [5.74, 6) is -2.45. The molecular formula is C11H7F2NO2. The maximum Gasteiger partial charge on any atom is 0.253 e. The predicted octanol–water partition coefficient (Wildman–Crippen LogP) is 1.39. The fraction of sp³-hybridized carbons (Fsp3) is 0.0909. The van der Waals surface area contributed by atoms with Crippen LogP contribution in [0, 0.1) is 11.6 Å². The van der Waals surface area contributed by atoms with E-state index in [0.717, 1.165) is 23.1 Å². The van der Waals surface area contributed by atoms with Gasteiger partial charge in [0, 0.05) is 23.8 Å². The van der Waals surface area contributed by atoms with Crippen LogP contribution >= 0.6 is 0 Å². The summed E-state index contributed by atoms with van der Waals surface area (Å²) in [7, 11) is 0. The topological polar surface area (TPSA) is 37.4 Å². The Labute approximate surface area is 90.0 Å². The van der Waals surface area contributed by atoms with Gasteiger partial charge in [0.2, 0.25) is 0 Å². The van der Waals surface area contributed by atoms with E-state index in [1.165, 1.54) is 6.07 Å². The van der Waals surface area contributed by atoms with Gasteiger partial charge in [-0.15, -0.1) is 0 Å². The number of nitrogens with zero attached hydrogens (tertiary/aromatic N) is 1. The van der Waals surface area contributed by atoms with E-state index in [1.54, 1.807) is 0 Å². The van der Waals surface area contributed by atoms with Gasteiger partial charge in [-0.2, -0.15) is 0 Å². The van der Waals surface area contributed by atoms with Gasteiger partial charge in [-0.05, 0) is 6.07 Å². The van der Waals surface area contributed by atoms with Crippen LogP contribution in [0.4, 0.5) is 8.78 Å². The van der Waals surface area contributed by atoms with Gasteiger partial charge in [-0.1, -0.05) is 6.07 Å². The lowest BCUT2D eigenvalue weighted by atomic mass is 10.2. The van der Waals surface area contributed by atoms with Crippen molar-refractivity contribution in [1.82, 2.24) is 4.90 Å². The zero-order chi connectivity index (χ0) is 11.7. The van der Waals surface area contributed by atoms with E-state index in [1.807, 2.05) is 0 Å². The first kappa shape index (κ1) is 10.5. The smallest absolute Gasteiger partial charge is 0.253 e. The first-order valence-electron chi connectivity index (χ1n) is 4.55. The number of rotatable bonds is 2. The van der Waals surface area contributed by atoms with Crippen molar-refractivity contribution >= 4 is 11.8 Å². The summed E-state index contributed by atoms with van der Waals surface area (Å²) in [4.78, 5) is 23.3. The standard InChI is InChI=1S/C11H7F2NO2/c12-8-2-1-7(9(13)5-8)6-14-10(15)3-4-11(14)16/h1-5H,6H2. The van der Waals surface area contributed by atoms with Crippen LogP contribution in [0.2, 0.25) is 0 Å². The summed E-state index contributed by atoms with van der Waals surface area (Å²) in [5, 5.41) is 0. The van der Waals surface area contributed by atoms with Gasteiger partial charge in [0.25, 0.3) is 11.8 Å². The Balaban J connectivity index is 2.21. The molecule has 0 saturated carbocycles. The highest BCUT2D eigenvalue weighted by Gasteiger charge is 2.24. The highest BCUT2D eigenvalue weighted by molar-refractivity contribution is 6.12. The number of carbonyl (C=O) groups is 2. The SMILES string of the molecule is O=C1C=CC(=O)N1Cc1ccc(F)cc1F. The average molecular weight is 223 g/mol. The van der Waals surface area contributed by atoms with Crippen molar-refractivity contribution in [2.45, 2.75) is 6.54 Å². The first-order chi connectivity index (χ1) is 7.58. The van der Waals surface area contributed by atoms with Crippen LogP contribution in [-0.4, -0.2) is 16.7 Å². The Bertz CT molecular complexity index is 479. The van der Waals surface area contributed by atoms with E-state index in [9.17, 15) is 18.4 Å². The molecule has 1 heterocycles. The molecule has 0 aromatic heterocycles. The maximum atomic E-state index is 13.2. The van der Waals surface area contributed by atoms with Crippen molar-refractivity contribution in [2.75, 3.05) is 0 Å². The third-order valence-electron chi connectivity index (χ3n) is 2.24. The first-order valence-corrected chi connectivity index (χ1v) is 4.55. The van der Waals surface area contributed by atoms with Gasteiger partial charge in [-0.25, -0.2) is 8.78 Å². The molecule has 1 aliphatic heterocycles. The molecule has 1 aromatic rings. The number of imide groups is 1. The van der Waals surface area contributed by atoms with Crippen LogP contribution in [-0.2, 0) is 16.1 Å². The Kier molecular flexibility index (Phi) is 2.52. The molecule has 1 aromatic carbocycles. The second-order valence-corrected chi connectivity index (χ2v) is 3.33. The Morgan fingerprint density at radius 1 is 1.06 bits per heavy atom. The molecule has 2 amide bonds. The quantitative estimate of drug-likeness (QED) is 0.710. The minimum atomic E-state index is -0.771. The van der Waals surface area contributed by atoms with Gasteiger partial charge >= 0.3 is 0 Å². The lowest BCUT2D eigenvalue weighted by molar-refractivity contribution is -0.137. The van der Waals surface area contributed by atoms with E-state index in [4.69, 9.17) is 0 Å². The average Bonchev–Trinajstić information content (AvgIpc) is 2.53. The summed E-state index contributed by atoms with van der Waals surface area (Å²) in [5.41, 5.74) is 0.104. The third-order valence-corrected chi connectivity index (χ3v) is 2.24. The molecule has 0 radical (unpaired) electrons. The van der Waals surface area contributed by atoms with Crippen molar-refractivity contribution < 1.29 is 18.4 Å². The van der Waals surface area contributed by atoms with E-state index in [-0.39, 0.29) is 12.1 Å². The van der Waals surface area contributed by atoms with Crippen molar-refractivity contribution in [3.63, 3.8) is 0 Å². The van der Waals surface area contributed by atoms with E-state index >= 15 is 0 Å². The lowest BCUT2D eigenvalue weighted by Crippen LogP contribution is -2.29. The number of hydrogen-bond donors (Lipinski definition) is 0. The normalized spacial score (nSPS) is 15.0. The second-order valence-electron chi connectivity index (χ2n) is 3.33. The Morgan fingerprint density at radius 2 is 1.69 bits per heavy atom. The van der Waals surface area contributed by atoms with Crippen molar-refractivity contribution in [3.8, 4) is 0 Å². The molecule has 2 rings (SSSR count). The van der Waals surface area contributed by atoms with Crippen molar-refractivity contribution in [1.29, 1.82) is 0 Å². The summed E-state index contributed by atoms with van der Waals surface area (Å²) in [6.07, 6.45) is 2.23. The van der Waals surface area contributed by atoms with Crippen LogP contribution in [0.25, 0.3) is 0 Å². The number of halogens is 2. The van der Waals surface area contributed by atoms with Crippen molar-refractivity contribution in [2.24, 2.45) is 0 Å². The highest BCUT2D eigenvalue weighted by atomic mass is 19.1. The van der Waals surface area contributed by atoms with E-state index < -0.39 is 23.4 Å². The monoisotopic (exact) mass is 223 g/mol. The number of amides is 2. The molecule has 0 atom stereocenters. The molecule has 0 unspecified atom stereocenters. The number of benzene rings is 1. The largest absolute Gasteiger partial charge is 0.271 e. The van der Waals surface area contributed by atoms with Gasteiger partial charge in [0.15, 0.2) is 0 Å². The minimum Gasteiger partial charge on any atom is -0.271 e. The summed E-state index contributed by atoms with van der Waals surface area (Å²) < 4.78 is 25.9. The van der Waals surface area contributed by atoms with Gasteiger partial charge in [0.05, 0.1) is 6.54 Å². The summed E-state index contributed by atoms with van der Waals surface area (Å²) >= 11 is 0. The van der Waals surface area contributed by atoms with Crippen LogP contribution in [0.1, 0.15) is 5.56 Å². The van der Waals surface area contributed by atoms with Crippen LogP contribution in [0.5, 0.6) is 0 Å². The molecule has 0 spiro atoms. The Morgan fingerprint density at radius 3 is 2.25 bits per heavy atom. The molecule has 0 N–H and O–H groups in total. The van der Waals surface area contributed by atoms with Crippen molar-refractivity contribution in [3.05, 3.63) is 47.5 Å². The number of hydrogen-bond acceptors (Lipinski definition) is 2. The van der Waals surface area contributed by atoms with Crippen LogP contribution < -0.4 is 0 Å². The molecule has 3 nitrogen and oxygen atoms in total. The molecule has 0 aliphatic carbocycles. The zero-order valence-electron chi connectivity index (χ0n) is 8.11. The summed E-state index contributed by atoms with van der Waals surface area (Å²) in [6.45, 7) is -0.184. The van der Waals surface area contributed by atoms with Crippen LogP contribution in [0.15, 0.2) is 30.4 Å². The molecule has 0 saturated heterocycles. The third kappa shape index (κ3) is 1.84.